The van der Waals surface area contributed by atoms with Gasteiger partial charge in [-0.15, -0.1) is 0 Å². The molecule has 0 unspecified atom stereocenters. The number of imidazole rings is 1. The average Bonchev–Trinajstić information content (AvgIpc) is 2.85. The van der Waals surface area contributed by atoms with E-state index in [-0.39, 0.29) is 0 Å². The van der Waals surface area contributed by atoms with Crippen molar-refractivity contribution in [3.05, 3.63) is 52.6 Å². The van der Waals surface area contributed by atoms with Crippen molar-refractivity contribution in [2.45, 2.75) is 20.4 Å². The molecular formula is C16H18N2O4. The van der Waals surface area contributed by atoms with E-state index in [0.29, 0.717) is 17.7 Å². The molecule has 6 heteroatoms. The highest BCUT2D eigenvalue weighted by atomic mass is 16.5. The summed E-state index contributed by atoms with van der Waals surface area (Å²) in [5.41, 5.74) is 3.40. The Bertz CT molecular complexity index is 685. The molecule has 2 aromatic rings. The van der Waals surface area contributed by atoms with Gasteiger partial charge in [-0.25, -0.2) is 14.6 Å². The Labute approximate surface area is 128 Å². The molecule has 0 saturated carbocycles. The Morgan fingerprint density at radius 2 is 1.59 bits per heavy atom. The summed E-state index contributed by atoms with van der Waals surface area (Å²) in [6.07, 6.45) is 1.73. The molecule has 0 saturated heterocycles. The van der Waals surface area contributed by atoms with E-state index < -0.39 is 11.9 Å². The maximum Gasteiger partial charge on any atom is 0.337 e. The normalized spacial score (nSPS) is 10.4. The van der Waals surface area contributed by atoms with Gasteiger partial charge in [0, 0.05) is 12.2 Å². The van der Waals surface area contributed by atoms with E-state index in [0.717, 1.165) is 17.0 Å². The topological polar surface area (TPSA) is 70.4 Å². The van der Waals surface area contributed by atoms with Crippen LogP contribution in [-0.4, -0.2) is 35.7 Å². The van der Waals surface area contributed by atoms with E-state index in [9.17, 15) is 9.59 Å². The Hall–Kier alpha value is -2.63. The number of nitrogens with zero attached hydrogens (tertiary/aromatic N) is 2. The summed E-state index contributed by atoms with van der Waals surface area (Å²) in [4.78, 5) is 27.8. The lowest BCUT2D eigenvalue weighted by Gasteiger charge is -2.10. The highest BCUT2D eigenvalue weighted by Crippen LogP contribution is 2.15. The summed E-state index contributed by atoms with van der Waals surface area (Å²) in [6.45, 7) is 4.39. The van der Waals surface area contributed by atoms with Gasteiger partial charge in [0.1, 0.15) is 0 Å². The van der Waals surface area contributed by atoms with Gasteiger partial charge in [0.2, 0.25) is 0 Å². The third kappa shape index (κ3) is 3.16. The van der Waals surface area contributed by atoms with E-state index in [1.807, 2.05) is 18.4 Å². The van der Waals surface area contributed by atoms with Crippen LogP contribution in [0.5, 0.6) is 0 Å². The van der Waals surface area contributed by atoms with E-state index in [1.165, 1.54) is 20.3 Å². The molecule has 0 spiro atoms. The first-order valence-electron chi connectivity index (χ1n) is 6.75. The fourth-order valence-corrected chi connectivity index (χ4v) is 2.15. The Balaban J connectivity index is 2.43. The first-order valence-corrected chi connectivity index (χ1v) is 6.75. The standard InChI is InChI=1S/C16H18N2O4/c1-10-11(2)18(9-17-10)8-12-5-13(15(19)21-3)7-14(6-12)16(20)22-4/h5-7,9H,8H2,1-4H3. The van der Waals surface area contributed by atoms with Crippen molar-refractivity contribution in [2.24, 2.45) is 0 Å². The molecule has 0 radical (unpaired) electrons. The van der Waals surface area contributed by atoms with E-state index in [1.54, 1.807) is 18.5 Å². The zero-order valence-electron chi connectivity index (χ0n) is 13.0. The van der Waals surface area contributed by atoms with Crippen LogP contribution < -0.4 is 0 Å². The van der Waals surface area contributed by atoms with Crippen LogP contribution in [0.25, 0.3) is 0 Å². The van der Waals surface area contributed by atoms with Crippen molar-refractivity contribution < 1.29 is 19.1 Å². The number of carbonyl (C=O) groups is 2. The second kappa shape index (κ2) is 6.43. The molecule has 1 heterocycles. The van der Waals surface area contributed by atoms with Gasteiger partial charge < -0.3 is 14.0 Å². The summed E-state index contributed by atoms with van der Waals surface area (Å²) < 4.78 is 11.4. The number of aromatic nitrogens is 2. The lowest BCUT2D eigenvalue weighted by atomic mass is 10.1. The Morgan fingerprint density at radius 1 is 1.05 bits per heavy atom. The van der Waals surface area contributed by atoms with Crippen molar-refractivity contribution >= 4 is 11.9 Å². The highest BCUT2D eigenvalue weighted by Gasteiger charge is 2.14. The van der Waals surface area contributed by atoms with Gasteiger partial charge in [0.15, 0.2) is 0 Å². The first kappa shape index (κ1) is 15.8. The Kier molecular flexibility index (Phi) is 4.60. The number of rotatable bonds is 4. The van der Waals surface area contributed by atoms with E-state index in [2.05, 4.69) is 4.98 Å². The predicted octanol–water partition coefficient (Wildman–Crippen LogP) is 2.12. The first-order chi connectivity index (χ1) is 10.5. The highest BCUT2D eigenvalue weighted by molar-refractivity contribution is 5.95. The summed E-state index contributed by atoms with van der Waals surface area (Å²) in [5.74, 6) is -0.990. The lowest BCUT2D eigenvalue weighted by molar-refractivity contribution is 0.0599. The van der Waals surface area contributed by atoms with Crippen LogP contribution in [0.15, 0.2) is 24.5 Å². The zero-order valence-corrected chi connectivity index (χ0v) is 13.0. The third-order valence-corrected chi connectivity index (χ3v) is 3.53. The number of esters is 2. The molecule has 0 N–H and O–H groups in total. The second-order valence-corrected chi connectivity index (χ2v) is 4.95. The molecule has 1 aromatic carbocycles. The van der Waals surface area contributed by atoms with E-state index in [4.69, 9.17) is 9.47 Å². The van der Waals surface area contributed by atoms with Crippen molar-refractivity contribution in [1.82, 2.24) is 9.55 Å². The van der Waals surface area contributed by atoms with Crippen LogP contribution >= 0.6 is 0 Å². The SMILES string of the molecule is COC(=O)c1cc(Cn2cnc(C)c2C)cc(C(=O)OC)c1. The minimum Gasteiger partial charge on any atom is -0.465 e. The third-order valence-electron chi connectivity index (χ3n) is 3.53. The average molecular weight is 302 g/mol. The zero-order chi connectivity index (χ0) is 16.3. The van der Waals surface area contributed by atoms with Gasteiger partial charge in [-0.3, -0.25) is 0 Å². The molecule has 0 aliphatic carbocycles. The minimum absolute atomic E-state index is 0.315. The monoisotopic (exact) mass is 302 g/mol. The van der Waals surface area contributed by atoms with Crippen LogP contribution in [0.1, 0.15) is 37.7 Å². The van der Waals surface area contributed by atoms with Crippen LogP contribution in [0.4, 0.5) is 0 Å². The number of hydrogen-bond acceptors (Lipinski definition) is 5. The van der Waals surface area contributed by atoms with E-state index >= 15 is 0 Å². The van der Waals surface area contributed by atoms with Crippen molar-refractivity contribution in [3.8, 4) is 0 Å². The molecule has 0 aliphatic rings. The summed E-state index contributed by atoms with van der Waals surface area (Å²) >= 11 is 0. The van der Waals surface area contributed by atoms with Crippen LogP contribution in [-0.2, 0) is 16.0 Å². The van der Waals surface area contributed by atoms with Crippen molar-refractivity contribution in [2.75, 3.05) is 14.2 Å². The summed E-state index contributed by atoms with van der Waals surface area (Å²) in [6, 6.07) is 4.87. The summed E-state index contributed by atoms with van der Waals surface area (Å²) in [7, 11) is 2.60. The number of methoxy groups -OCH3 is 2. The molecule has 6 nitrogen and oxygen atoms in total. The molecule has 0 atom stereocenters. The van der Waals surface area contributed by atoms with Crippen LogP contribution in [0, 0.1) is 13.8 Å². The van der Waals surface area contributed by atoms with Gasteiger partial charge in [0.25, 0.3) is 0 Å². The minimum atomic E-state index is -0.495. The second-order valence-electron chi connectivity index (χ2n) is 4.95. The van der Waals surface area contributed by atoms with Gasteiger partial charge in [-0.05, 0) is 37.6 Å². The number of hydrogen-bond donors (Lipinski definition) is 0. The predicted molar refractivity (Wildman–Crippen MR) is 79.9 cm³/mol. The lowest BCUT2D eigenvalue weighted by Crippen LogP contribution is -2.09. The fourth-order valence-electron chi connectivity index (χ4n) is 2.15. The summed E-state index contributed by atoms with van der Waals surface area (Å²) in [5, 5.41) is 0. The number of carbonyl (C=O) groups excluding carboxylic acids is 2. The molecule has 22 heavy (non-hydrogen) atoms. The van der Waals surface area contributed by atoms with Gasteiger partial charge in [-0.1, -0.05) is 0 Å². The van der Waals surface area contributed by atoms with Gasteiger partial charge in [-0.2, -0.15) is 0 Å². The number of aryl methyl sites for hydroxylation is 1. The molecule has 0 fully saturated rings. The number of benzene rings is 1. The molecule has 116 valence electrons. The fraction of sp³-hybridized carbons (Fsp3) is 0.312. The maximum atomic E-state index is 11.8. The quantitative estimate of drug-likeness (QED) is 0.809. The smallest absolute Gasteiger partial charge is 0.337 e. The molecule has 0 bridgehead atoms. The molecular weight excluding hydrogens is 284 g/mol. The Morgan fingerprint density at radius 3 is 2.00 bits per heavy atom. The molecule has 0 aliphatic heterocycles. The molecule has 0 amide bonds. The number of ether oxygens (including phenoxy) is 2. The largest absolute Gasteiger partial charge is 0.465 e. The van der Waals surface area contributed by atoms with Crippen LogP contribution in [0.2, 0.25) is 0 Å². The molecule has 1 aromatic heterocycles. The maximum absolute atomic E-state index is 11.8. The molecule has 2 rings (SSSR count). The van der Waals surface area contributed by atoms with Gasteiger partial charge in [0.05, 0.1) is 37.4 Å². The van der Waals surface area contributed by atoms with Gasteiger partial charge >= 0.3 is 11.9 Å². The van der Waals surface area contributed by atoms with Crippen molar-refractivity contribution in [1.29, 1.82) is 0 Å². The van der Waals surface area contributed by atoms with Crippen LogP contribution in [0.3, 0.4) is 0 Å². The van der Waals surface area contributed by atoms with Crippen molar-refractivity contribution in [3.63, 3.8) is 0 Å².